The number of aliphatic hydroxyl groups excluding tert-OH is 2. The van der Waals surface area contributed by atoms with Crippen molar-refractivity contribution in [2.45, 2.75) is 122 Å². The molecule has 35 heavy (non-hydrogen) atoms. The van der Waals surface area contributed by atoms with Gasteiger partial charge in [-0.2, -0.15) is 0 Å². The predicted octanol–water partition coefficient (Wildman–Crippen LogP) is 1.23. The first-order chi connectivity index (χ1) is 16.6. The topological polar surface area (TPSA) is 145 Å². The van der Waals surface area contributed by atoms with Gasteiger partial charge in [-0.15, -0.1) is 0 Å². The third kappa shape index (κ3) is 10.3. The van der Waals surface area contributed by atoms with Gasteiger partial charge in [0.15, 0.2) is 0 Å². The average molecular weight is 502 g/mol. The second-order valence-corrected chi connectivity index (χ2v) is 10.6. The van der Waals surface area contributed by atoms with Crippen LogP contribution >= 0.6 is 0 Å². The maximum absolute atomic E-state index is 11.9. The highest BCUT2D eigenvalue weighted by atomic mass is 16.6. The van der Waals surface area contributed by atoms with Gasteiger partial charge in [0.05, 0.1) is 24.9 Å². The fourth-order valence-electron chi connectivity index (χ4n) is 6.09. The maximum atomic E-state index is 11.9. The summed E-state index contributed by atoms with van der Waals surface area (Å²) in [5.74, 6) is 0.398. The summed E-state index contributed by atoms with van der Waals surface area (Å²) in [5.41, 5.74) is 6.24. The van der Waals surface area contributed by atoms with Crippen LogP contribution in [0.3, 0.4) is 0 Å². The number of esters is 2. The molecule has 9 heteroatoms. The summed E-state index contributed by atoms with van der Waals surface area (Å²) in [6.45, 7) is 5.69. The zero-order valence-electron chi connectivity index (χ0n) is 22.1. The van der Waals surface area contributed by atoms with E-state index in [1.165, 1.54) is 13.8 Å². The van der Waals surface area contributed by atoms with E-state index in [1.807, 2.05) is 6.92 Å². The van der Waals surface area contributed by atoms with Gasteiger partial charge in [0.1, 0.15) is 18.4 Å². The average Bonchev–Trinajstić information content (AvgIpc) is 2.80. The molecule has 0 spiro atoms. The zero-order valence-corrected chi connectivity index (χ0v) is 22.1. The maximum Gasteiger partial charge on any atom is 0.302 e. The molecule has 2 rings (SSSR count). The Kier molecular flexibility index (Phi) is 12.9. The summed E-state index contributed by atoms with van der Waals surface area (Å²) in [4.78, 5) is 23.5. The standard InChI is InChI=1S/C26H48N2O7/c1-5-20(31)7-9-22(35-17(3)30)14-21(34-16(2)29)8-6-18-12-25(33-4)24(32)15-23(18)19-10-11-28-26(27)13-19/h18-26,28,31-32H,5-15,27H2,1-4H3/p+1. The molecule has 1 heterocycles. The Balaban J connectivity index is 2.08. The molecule has 0 aromatic carbocycles. The number of carbonyl (C=O) groups excluding carboxylic acids is 2. The van der Waals surface area contributed by atoms with E-state index in [0.29, 0.717) is 56.3 Å². The molecule has 204 valence electrons. The van der Waals surface area contributed by atoms with Gasteiger partial charge in [-0.25, -0.2) is 0 Å². The number of hydrogen-bond acceptors (Lipinski definition) is 8. The lowest BCUT2D eigenvalue weighted by molar-refractivity contribution is -0.699. The fourth-order valence-corrected chi connectivity index (χ4v) is 6.09. The first-order valence-electron chi connectivity index (χ1n) is 13.4. The molecule has 0 amide bonds. The van der Waals surface area contributed by atoms with Crippen LogP contribution in [0.25, 0.3) is 0 Å². The van der Waals surface area contributed by atoms with Crippen LogP contribution in [0.1, 0.15) is 85.0 Å². The molecule has 0 bridgehead atoms. The Morgan fingerprint density at radius 3 is 2.29 bits per heavy atom. The second kappa shape index (κ2) is 15.1. The van der Waals surface area contributed by atoms with Crippen molar-refractivity contribution in [1.82, 2.24) is 0 Å². The van der Waals surface area contributed by atoms with Crippen molar-refractivity contribution >= 4 is 11.9 Å². The molecule has 9 unspecified atom stereocenters. The van der Waals surface area contributed by atoms with Gasteiger partial charge in [0.2, 0.25) is 0 Å². The number of hydrogen-bond donors (Lipinski definition) is 4. The molecule has 6 N–H and O–H groups in total. The summed E-state index contributed by atoms with van der Waals surface area (Å²) in [6, 6.07) is 0. The minimum atomic E-state index is -0.481. The number of rotatable bonds is 13. The van der Waals surface area contributed by atoms with E-state index in [2.05, 4.69) is 5.32 Å². The van der Waals surface area contributed by atoms with E-state index in [4.69, 9.17) is 19.9 Å². The monoisotopic (exact) mass is 501 g/mol. The highest BCUT2D eigenvalue weighted by molar-refractivity contribution is 5.66. The van der Waals surface area contributed by atoms with Crippen molar-refractivity contribution in [3.8, 4) is 0 Å². The van der Waals surface area contributed by atoms with E-state index >= 15 is 0 Å². The van der Waals surface area contributed by atoms with Crippen LogP contribution in [-0.2, 0) is 23.8 Å². The van der Waals surface area contributed by atoms with Crippen LogP contribution in [-0.4, -0.2) is 72.5 Å². The summed E-state index contributed by atoms with van der Waals surface area (Å²) in [5, 5.41) is 22.8. The van der Waals surface area contributed by atoms with Crippen LogP contribution in [0.5, 0.6) is 0 Å². The quantitative estimate of drug-likeness (QED) is 0.276. The third-order valence-electron chi connectivity index (χ3n) is 7.92. The first kappa shape index (κ1) is 30.0. The smallest absolute Gasteiger partial charge is 0.302 e. The zero-order chi connectivity index (χ0) is 26.0. The van der Waals surface area contributed by atoms with Gasteiger partial charge in [0.25, 0.3) is 0 Å². The largest absolute Gasteiger partial charge is 0.462 e. The lowest BCUT2D eigenvalue weighted by atomic mass is 9.66. The summed E-state index contributed by atoms with van der Waals surface area (Å²) in [6.07, 6.45) is 5.23. The van der Waals surface area contributed by atoms with Crippen LogP contribution in [0, 0.1) is 17.8 Å². The summed E-state index contributed by atoms with van der Waals surface area (Å²) >= 11 is 0. The number of quaternary nitrogens is 1. The minimum absolute atomic E-state index is 0.100. The highest BCUT2D eigenvalue weighted by Gasteiger charge is 2.42. The summed E-state index contributed by atoms with van der Waals surface area (Å²) < 4.78 is 16.8. The predicted molar refractivity (Wildman–Crippen MR) is 131 cm³/mol. The van der Waals surface area contributed by atoms with Crippen molar-refractivity contribution in [3.05, 3.63) is 0 Å². The second-order valence-electron chi connectivity index (χ2n) is 10.6. The Morgan fingerprint density at radius 1 is 1.06 bits per heavy atom. The fraction of sp³-hybridized carbons (Fsp3) is 0.923. The van der Waals surface area contributed by atoms with E-state index in [-0.39, 0.29) is 30.3 Å². The number of methoxy groups -OCH3 is 1. The number of ether oxygens (including phenoxy) is 3. The SMILES string of the molecule is CCC(O)CCC(CC(CCC1CC(OC)C(O)CC1C1CC[NH2+]C(N)C1)OC(C)=O)OC(C)=O. The molecule has 9 nitrogen and oxygen atoms in total. The number of aliphatic hydroxyl groups is 2. The molecule has 2 aliphatic rings. The van der Waals surface area contributed by atoms with Gasteiger partial charge in [-0.05, 0) is 69.1 Å². The van der Waals surface area contributed by atoms with Crippen LogP contribution < -0.4 is 11.1 Å². The molecule has 1 aliphatic carbocycles. The molecule has 1 saturated carbocycles. The Hall–Kier alpha value is -1.26. The number of carbonyl (C=O) groups is 2. The molecule has 9 atom stereocenters. The van der Waals surface area contributed by atoms with Crippen LogP contribution in [0.4, 0.5) is 0 Å². The summed E-state index contributed by atoms with van der Waals surface area (Å²) in [7, 11) is 1.65. The highest BCUT2D eigenvalue weighted by Crippen LogP contribution is 2.42. The molecular weight excluding hydrogens is 452 g/mol. The van der Waals surface area contributed by atoms with E-state index in [9.17, 15) is 19.8 Å². The van der Waals surface area contributed by atoms with Gasteiger partial charge in [-0.1, -0.05) is 6.92 Å². The lowest BCUT2D eigenvalue weighted by Gasteiger charge is -2.44. The number of piperidine rings is 1. The van der Waals surface area contributed by atoms with E-state index < -0.39 is 18.3 Å². The van der Waals surface area contributed by atoms with Crippen LogP contribution in [0.2, 0.25) is 0 Å². The number of nitrogens with two attached hydrogens (primary N) is 2. The van der Waals surface area contributed by atoms with Crippen molar-refractivity contribution in [3.63, 3.8) is 0 Å². The Bertz CT molecular complexity index is 649. The Morgan fingerprint density at radius 2 is 1.71 bits per heavy atom. The van der Waals surface area contributed by atoms with Crippen molar-refractivity contribution in [2.75, 3.05) is 13.7 Å². The molecule has 0 aromatic rings. The van der Waals surface area contributed by atoms with E-state index in [0.717, 1.165) is 32.2 Å². The molecule has 2 fully saturated rings. The van der Waals surface area contributed by atoms with Gasteiger partial charge in [0, 0.05) is 33.8 Å². The minimum Gasteiger partial charge on any atom is -0.462 e. The Labute approximate surface area is 210 Å². The first-order valence-corrected chi connectivity index (χ1v) is 13.4. The lowest BCUT2D eigenvalue weighted by Crippen LogP contribution is -2.94. The van der Waals surface area contributed by atoms with Crippen molar-refractivity contribution < 1.29 is 39.3 Å². The van der Waals surface area contributed by atoms with Crippen molar-refractivity contribution in [1.29, 1.82) is 0 Å². The van der Waals surface area contributed by atoms with Gasteiger partial charge >= 0.3 is 11.9 Å². The van der Waals surface area contributed by atoms with E-state index in [1.54, 1.807) is 7.11 Å². The molecular formula is C26H49N2O7+. The normalized spacial score (nSPS) is 31.9. The molecule has 1 aliphatic heterocycles. The third-order valence-corrected chi connectivity index (χ3v) is 7.92. The molecule has 0 radical (unpaired) electrons. The van der Waals surface area contributed by atoms with Gasteiger partial charge < -0.3 is 29.7 Å². The van der Waals surface area contributed by atoms with Crippen molar-refractivity contribution in [2.24, 2.45) is 23.5 Å². The van der Waals surface area contributed by atoms with Gasteiger partial charge in [-0.3, -0.25) is 15.3 Å². The molecule has 0 aromatic heterocycles. The molecule has 1 saturated heterocycles. The van der Waals surface area contributed by atoms with Crippen LogP contribution in [0.15, 0.2) is 0 Å².